The first kappa shape index (κ1) is 11.3. The fourth-order valence-electron chi connectivity index (χ4n) is 1.45. The summed E-state index contributed by atoms with van der Waals surface area (Å²) in [5.74, 6) is -0.181. The standard InChI is InChI=1S/C13H13N3O/c1-10-7-12(16-9-15-10)13(17)14-8-11-5-3-2-4-6-11/h2-7,9H,8H2,1H3,(H,14,17). The second-order valence-electron chi connectivity index (χ2n) is 3.71. The molecule has 0 bridgehead atoms. The highest BCUT2D eigenvalue weighted by atomic mass is 16.1. The highest BCUT2D eigenvalue weighted by Crippen LogP contribution is 2.00. The van der Waals surface area contributed by atoms with Gasteiger partial charge in [-0.3, -0.25) is 4.79 Å². The van der Waals surface area contributed by atoms with Crippen molar-refractivity contribution in [3.05, 3.63) is 59.7 Å². The number of benzene rings is 1. The van der Waals surface area contributed by atoms with Crippen LogP contribution >= 0.6 is 0 Å². The molecule has 2 aromatic rings. The Bertz CT molecular complexity index is 511. The van der Waals surface area contributed by atoms with Gasteiger partial charge >= 0.3 is 0 Å². The summed E-state index contributed by atoms with van der Waals surface area (Å²) in [6.07, 6.45) is 1.40. The predicted octanol–water partition coefficient (Wildman–Crippen LogP) is 1.72. The van der Waals surface area contributed by atoms with E-state index in [0.29, 0.717) is 12.2 Å². The van der Waals surface area contributed by atoms with Crippen LogP contribution in [0, 0.1) is 6.92 Å². The van der Waals surface area contributed by atoms with E-state index in [0.717, 1.165) is 11.3 Å². The molecule has 0 saturated carbocycles. The van der Waals surface area contributed by atoms with Gasteiger partial charge in [0.15, 0.2) is 0 Å². The molecule has 86 valence electrons. The van der Waals surface area contributed by atoms with Crippen LogP contribution in [-0.2, 0) is 6.54 Å². The monoisotopic (exact) mass is 227 g/mol. The number of rotatable bonds is 3. The molecule has 0 aliphatic rings. The first-order valence-electron chi connectivity index (χ1n) is 5.36. The highest BCUT2D eigenvalue weighted by Gasteiger charge is 2.06. The molecule has 17 heavy (non-hydrogen) atoms. The number of carbonyl (C=O) groups is 1. The van der Waals surface area contributed by atoms with Crippen LogP contribution in [0.2, 0.25) is 0 Å². The SMILES string of the molecule is Cc1cc(C(=O)NCc2ccccc2)ncn1. The maximum Gasteiger partial charge on any atom is 0.270 e. The topological polar surface area (TPSA) is 54.9 Å². The normalized spacial score (nSPS) is 9.94. The fourth-order valence-corrected chi connectivity index (χ4v) is 1.45. The van der Waals surface area contributed by atoms with Crippen LogP contribution in [0.5, 0.6) is 0 Å². The third-order valence-corrected chi connectivity index (χ3v) is 2.33. The Morgan fingerprint density at radius 3 is 2.71 bits per heavy atom. The third kappa shape index (κ3) is 3.11. The largest absolute Gasteiger partial charge is 0.347 e. The molecule has 4 heteroatoms. The van der Waals surface area contributed by atoms with E-state index in [4.69, 9.17) is 0 Å². The molecule has 1 amide bonds. The summed E-state index contributed by atoms with van der Waals surface area (Å²) in [5, 5.41) is 2.81. The number of carbonyl (C=O) groups excluding carboxylic acids is 1. The lowest BCUT2D eigenvalue weighted by molar-refractivity contribution is 0.0945. The summed E-state index contributed by atoms with van der Waals surface area (Å²) in [5.41, 5.74) is 2.24. The van der Waals surface area contributed by atoms with E-state index in [-0.39, 0.29) is 5.91 Å². The predicted molar refractivity (Wildman–Crippen MR) is 64.4 cm³/mol. The van der Waals surface area contributed by atoms with Gasteiger partial charge in [0, 0.05) is 12.2 Å². The van der Waals surface area contributed by atoms with Crippen molar-refractivity contribution < 1.29 is 4.79 Å². The summed E-state index contributed by atoms with van der Waals surface area (Å²) in [7, 11) is 0. The van der Waals surface area contributed by atoms with Crippen molar-refractivity contribution in [3.8, 4) is 0 Å². The quantitative estimate of drug-likeness (QED) is 0.868. The van der Waals surface area contributed by atoms with Crippen LogP contribution in [0.4, 0.5) is 0 Å². The lowest BCUT2D eigenvalue weighted by Crippen LogP contribution is -2.23. The van der Waals surface area contributed by atoms with E-state index in [2.05, 4.69) is 15.3 Å². The van der Waals surface area contributed by atoms with E-state index < -0.39 is 0 Å². The van der Waals surface area contributed by atoms with Crippen molar-refractivity contribution in [3.63, 3.8) is 0 Å². The number of nitrogens with zero attached hydrogens (tertiary/aromatic N) is 2. The maximum absolute atomic E-state index is 11.8. The number of amides is 1. The van der Waals surface area contributed by atoms with Gasteiger partial charge in [0.05, 0.1) is 0 Å². The van der Waals surface area contributed by atoms with Crippen LogP contribution in [0.3, 0.4) is 0 Å². The number of hydrogen-bond donors (Lipinski definition) is 1. The van der Waals surface area contributed by atoms with Crippen LogP contribution in [0.15, 0.2) is 42.7 Å². The Balaban J connectivity index is 1.98. The van der Waals surface area contributed by atoms with Crippen LogP contribution in [-0.4, -0.2) is 15.9 Å². The second-order valence-corrected chi connectivity index (χ2v) is 3.71. The second kappa shape index (κ2) is 5.21. The Morgan fingerprint density at radius 1 is 1.24 bits per heavy atom. The Hall–Kier alpha value is -2.23. The highest BCUT2D eigenvalue weighted by molar-refractivity contribution is 5.92. The number of nitrogens with one attached hydrogen (secondary N) is 1. The van der Waals surface area contributed by atoms with Crippen molar-refractivity contribution >= 4 is 5.91 Å². The number of hydrogen-bond acceptors (Lipinski definition) is 3. The molecule has 2 rings (SSSR count). The minimum absolute atomic E-state index is 0.181. The maximum atomic E-state index is 11.8. The molecular weight excluding hydrogens is 214 g/mol. The molecule has 0 spiro atoms. The van der Waals surface area contributed by atoms with Gasteiger partial charge in [-0.1, -0.05) is 30.3 Å². The molecule has 0 radical (unpaired) electrons. The average Bonchev–Trinajstić information content (AvgIpc) is 2.37. The third-order valence-electron chi connectivity index (χ3n) is 2.33. The van der Waals surface area contributed by atoms with Crippen LogP contribution < -0.4 is 5.32 Å². The molecule has 1 aromatic carbocycles. The number of aromatic nitrogens is 2. The molecule has 0 unspecified atom stereocenters. The van der Waals surface area contributed by atoms with Gasteiger partial charge < -0.3 is 5.32 Å². The molecule has 1 heterocycles. The molecule has 0 aliphatic carbocycles. The Morgan fingerprint density at radius 2 is 2.00 bits per heavy atom. The molecule has 0 atom stereocenters. The lowest BCUT2D eigenvalue weighted by Gasteiger charge is -2.04. The van der Waals surface area contributed by atoms with Gasteiger partial charge in [-0.25, -0.2) is 9.97 Å². The molecule has 0 fully saturated rings. The van der Waals surface area contributed by atoms with Gasteiger partial charge in [0.25, 0.3) is 5.91 Å². The minimum atomic E-state index is -0.181. The van der Waals surface area contributed by atoms with Gasteiger partial charge in [-0.15, -0.1) is 0 Å². The molecule has 1 aromatic heterocycles. The van der Waals surface area contributed by atoms with E-state index in [1.807, 2.05) is 37.3 Å². The van der Waals surface area contributed by atoms with E-state index in [1.165, 1.54) is 6.33 Å². The summed E-state index contributed by atoms with van der Waals surface area (Å²) in [6.45, 7) is 2.33. The van der Waals surface area contributed by atoms with Crippen molar-refractivity contribution in [1.82, 2.24) is 15.3 Å². The van der Waals surface area contributed by atoms with Gasteiger partial charge in [-0.05, 0) is 18.6 Å². The zero-order valence-electron chi connectivity index (χ0n) is 9.55. The minimum Gasteiger partial charge on any atom is -0.347 e. The van der Waals surface area contributed by atoms with Crippen molar-refractivity contribution in [1.29, 1.82) is 0 Å². The zero-order chi connectivity index (χ0) is 12.1. The van der Waals surface area contributed by atoms with Crippen molar-refractivity contribution in [2.75, 3.05) is 0 Å². The first-order valence-corrected chi connectivity index (χ1v) is 5.36. The Kier molecular flexibility index (Phi) is 3.45. The number of aryl methyl sites for hydroxylation is 1. The van der Waals surface area contributed by atoms with Gasteiger partial charge in [-0.2, -0.15) is 0 Å². The molecule has 0 saturated heterocycles. The summed E-state index contributed by atoms with van der Waals surface area (Å²) < 4.78 is 0. The van der Waals surface area contributed by atoms with E-state index in [1.54, 1.807) is 6.07 Å². The van der Waals surface area contributed by atoms with Gasteiger partial charge in [0.1, 0.15) is 12.0 Å². The molecule has 0 aliphatic heterocycles. The van der Waals surface area contributed by atoms with Crippen molar-refractivity contribution in [2.45, 2.75) is 13.5 Å². The van der Waals surface area contributed by atoms with Crippen molar-refractivity contribution in [2.24, 2.45) is 0 Å². The van der Waals surface area contributed by atoms with E-state index >= 15 is 0 Å². The molecular formula is C13H13N3O. The molecule has 4 nitrogen and oxygen atoms in total. The average molecular weight is 227 g/mol. The fraction of sp³-hybridized carbons (Fsp3) is 0.154. The lowest BCUT2D eigenvalue weighted by atomic mass is 10.2. The summed E-state index contributed by atoms with van der Waals surface area (Å²) in [4.78, 5) is 19.6. The smallest absolute Gasteiger partial charge is 0.270 e. The Labute approximate surface area is 99.7 Å². The molecule has 1 N–H and O–H groups in total. The van der Waals surface area contributed by atoms with Crippen LogP contribution in [0.1, 0.15) is 21.7 Å². The zero-order valence-corrected chi connectivity index (χ0v) is 9.55. The summed E-state index contributed by atoms with van der Waals surface area (Å²) >= 11 is 0. The van der Waals surface area contributed by atoms with Gasteiger partial charge in [0.2, 0.25) is 0 Å². The first-order chi connectivity index (χ1) is 8.25. The summed E-state index contributed by atoms with van der Waals surface area (Å²) in [6, 6.07) is 11.4. The van der Waals surface area contributed by atoms with Crippen LogP contribution in [0.25, 0.3) is 0 Å². The van der Waals surface area contributed by atoms with E-state index in [9.17, 15) is 4.79 Å².